The molecule has 0 amide bonds. The first-order valence-corrected chi connectivity index (χ1v) is 9.47. The van der Waals surface area contributed by atoms with E-state index in [4.69, 9.17) is 20.5 Å². The van der Waals surface area contributed by atoms with Gasteiger partial charge in [-0.05, 0) is 35.9 Å². The van der Waals surface area contributed by atoms with Crippen LogP contribution in [0.5, 0.6) is 0 Å². The van der Waals surface area contributed by atoms with E-state index in [0.717, 1.165) is 33.4 Å². The number of thioether (sulfide) groups is 1. The van der Waals surface area contributed by atoms with Crippen molar-refractivity contribution in [1.82, 2.24) is 15.1 Å². The van der Waals surface area contributed by atoms with Crippen molar-refractivity contribution in [3.05, 3.63) is 77.3 Å². The fourth-order valence-electron chi connectivity index (χ4n) is 2.39. The molecule has 1 aromatic carbocycles. The molecule has 0 aliphatic rings. The third kappa shape index (κ3) is 3.81. The normalized spacial score (nSPS) is 11.0. The van der Waals surface area contributed by atoms with E-state index in [2.05, 4.69) is 15.1 Å². The molecular formula is C19H14ClN3O2S. The molecule has 0 radical (unpaired) electrons. The first-order valence-electron chi connectivity index (χ1n) is 7.94. The Bertz CT molecular complexity index is 1000. The third-order valence-corrected chi connectivity index (χ3v) is 5.07. The monoisotopic (exact) mass is 383 g/mol. The summed E-state index contributed by atoms with van der Waals surface area (Å²) in [4.78, 5) is 8.36. The van der Waals surface area contributed by atoms with Crippen LogP contribution in [0, 0.1) is 0 Å². The van der Waals surface area contributed by atoms with Crippen molar-refractivity contribution in [1.29, 1.82) is 0 Å². The molecule has 0 unspecified atom stereocenters. The number of hydrogen-bond donors (Lipinski definition) is 0. The van der Waals surface area contributed by atoms with Gasteiger partial charge >= 0.3 is 0 Å². The van der Waals surface area contributed by atoms with Crippen molar-refractivity contribution in [2.45, 2.75) is 11.5 Å². The Morgan fingerprint density at radius 2 is 1.81 bits per heavy atom. The van der Waals surface area contributed by atoms with Crippen molar-refractivity contribution in [3.8, 4) is 23.0 Å². The van der Waals surface area contributed by atoms with Crippen LogP contribution in [0.2, 0.25) is 5.02 Å². The fourth-order valence-corrected chi connectivity index (χ4v) is 3.60. The van der Waals surface area contributed by atoms with Gasteiger partial charge in [-0.15, -0.1) is 11.8 Å². The summed E-state index contributed by atoms with van der Waals surface area (Å²) in [7, 11) is 0. The predicted molar refractivity (Wildman–Crippen MR) is 102 cm³/mol. The van der Waals surface area contributed by atoms with Gasteiger partial charge in [0.1, 0.15) is 5.76 Å². The molecule has 0 fully saturated rings. The van der Waals surface area contributed by atoms with E-state index in [1.54, 1.807) is 24.2 Å². The zero-order chi connectivity index (χ0) is 17.8. The zero-order valence-corrected chi connectivity index (χ0v) is 15.2. The number of benzene rings is 1. The Kier molecular flexibility index (Phi) is 5.04. The molecule has 5 nitrogen and oxygen atoms in total. The molecule has 7 heteroatoms. The Morgan fingerprint density at radius 1 is 0.962 bits per heavy atom. The second kappa shape index (κ2) is 7.76. The highest BCUT2D eigenvalue weighted by molar-refractivity contribution is 7.97. The Balaban J connectivity index is 1.40. The molecule has 0 saturated heterocycles. The van der Waals surface area contributed by atoms with Gasteiger partial charge in [-0.25, -0.2) is 0 Å². The van der Waals surface area contributed by atoms with Gasteiger partial charge in [0, 0.05) is 28.7 Å². The molecule has 3 aromatic heterocycles. The standard InChI is InChI=1S/C19H14ClN3O2S/c20-16-4-2-1-3-14(16)11-26-12-15-5-6-17(24-15)19-22-18(23-25-19)13-7-9-21-10-8-13/h1-10H,11-12H2. The van der Waals surface area contributed by atoms with E-state index in [-0.39, 0.29) is 0 Å². The van der Waals surface area contributed by atoms with Crippen molar-refractivity contribution in [2.75, 3.05) is 0 Å². The molecule has 0 atom stereocenters. The van der Waals surface area contributed by atoms with Gasteiger partial charge in [0.2, 0.25) is 5.82 Å². The smallest absolute Gasteiger partial charge is 0.293 e. The van der Waals surface area contributed by atoms with Crippen molar-refractivity contribution < 1.29 is 8.94 Å². The molecule has 4 rings (SSSR count). The number of hydrogen-bond acceptors (Lipinski definition) is 6. The minimum Gasteiger partial charge on any atom is -0.455 e. The number of aromatic nitrogens is 3. The molecule has 130 valence electrons. The SMILES string of the molecule is Clc1ccccc1CSCc1ccc(-c2nc(-c3ccncc3)no2)o1. The lowest BCUT2D eigenvalue weighted by atomic mass is 10.2. The third-order valence-electron chi connectivity index (χ3n) is 3.70. The zero-order valence-electron chi connectivity index (χ0n) is 13.6. The molecule has 0 aliphatic carbocycles. The van der Waals surface area contributed by atoms with Gasteiger partial charge < -0.3 is 8.94 Å². The minimum atomic E-state index is 0.360. The van der Waals surface area contributed by atoms with Gasteiger partial charge in [0.25, 0.3) is 5.89 Å². The summed E-state index contributed by atoms with van der Waals surface area (Å²) in [5.41, 5.74) is 1.96. The lowest BCUT2D eigenvalue weighted by Gasteiger charge is -2.02. The van der Waals surface area contributed by atoms with E-state index in [0.29, 0.717) is 17.5 Å². The van der Waals surface area contributed by atoms with E-state index in [9.17, 15) is 0 Å². The molecule has 4 aromatic rings. The number of furan rings is 1. The molecule has 0 aliphatic heterocycles. The first-order chi connectivity index (χ1) is 12.8. The molecule has 0 bridgehead atoms. The van der Waals surface area contributed by atoms with E-state index in [1.165, 1.54) is 0 Å². The molecule has 3 heterocycles. The summed E-state index contributed by atoms with van der Waals surface area (Å²) < 4.78 is 11.1. The molecule has 0 N–H and O–H groups in total. The fraction of sp³-hybridized carbons (Fsp3) is 0.105. The Hall–Kier alpha value is -2.57. The first kappa shape index (κ1) is 16.9. The summed E-state index contributed by atoms with van der Waals surface area (Å²) in [6.45, 7) is 0. The molecule has 0 saturated carbocycles. The quantitative estimate of drug-likeness (QED) is 0.439. The highest BCUT2D eigenvalue weighted by Crippen LogP contribution is 2.27. The topological polar surface area (TPSA) is 65.0 Å². The summed E-state index contributed by atoms with van der Waals surface area (Å²) in [6, 6.07) is 15.3. The Morgan fingerprint density at radius 3 is 2.65 bits per heavy atom. The summed E-state index contributed by atoms with van der Waals surface area (Å²) in [6.07, 6.45) is 3.37. The predicted octanol–water partition coefficient (Wildman–Crippen LogP) is 5.48. The van der Waals surface area contributed by atoms with Gasteiger partial charge in [-0.3, -0.25) is 4.98 Å². The summed E-state index contributed by atoms with van der Waals surface area (Å²) in [5.74, 6) is 3.83. The summed E-state index contributed by atoms with van der Waals surface area (Å²) >= 11 is 7.91. The van der Waals surface area contributed by atoms with Gasteiger partial charge in [0.05, 0.1) is 5.75 Å². The largest absolute Gasteiger partial charge is 0.455 e. The van der Waals surface area contributed by atoms with E-state index >= 15 is 0 Å². The minimum absolute atomic E-state index is 0.360. The lowest BCUT2D eigenvalue weighted by Crippen LogP contribution is -1.83. The number of rotatable bonds is 6. The number of pyridine rings is 1. The number of halogens is 1. The van der Waals surface area contributed by atoms with Crippen molar-refractivity contribution >= 4 is 23.4 Å². The Labute approximate surface area is 159 Å². The van der Waals surface area contributed by atoms with E-state index < -0.39 is 0 Å². The van der Waals surface area contributed by atoms with Crippen molar-refractivity contribution in [3.63, 3.8) is 0 Å². The molecular weight excluding hydrogens is 370 g/mol. The highest BCUT2D eigenvalue weighted by atomic mass is 35.5. The molecule has 0 spiro atoms. The van der Waals surface area contributed by atoms with Crippen LogP contribution in [0.25, 0.3) is 23.0 Å². The van der Waals surface area contributed by atoms with Crippen molar-refractivity contribution in [2.24, 2.45) is 0 Å². The molecule has 26 heavy (non-hydrogen) atoms. The van der Waals surface area contributed by atoms with Crippen LogP contribution in [0.4, 0.5) is 0 Å². The van der Waals surface area contributed by atoms with Crippen LogP contribution >= 0.6 is 23.4 Å². The van der Waals surface area contributed by atoms with Crippen LogP contribution in [0.3, 0.4) is 0 Å². The number of nitrogens with zero attached hydrogens (tertiary/aromatic N) is 3. The van der Waals surface area contributed by atoms with Crippen LogP contribution in [0.1, 0.15) is 11.3 Å². The van der Waals surface area contributed by atoms with Gasteiger partial charge in [-0.1, -0.05) is 35.0 Å². The van der Waals surface area contributed by atoms with Crippen LogP contribution < -0.4 is 0 Å². The average Bonchev–Trinajstić information content (AvgIpc) is 3.33. The highest BCUT2D eigenvalue weighted by Gasteiger charge is 2.14. The maximum absolute atomic E-state index is 6.17. The average molecular weight is 384 g/mol. The van der Waals surface area contributed by atoms with E-state index in [1.807, 2.05) is 48.5 Å². The van der Waals surface area contributed by atoms with Crippen LogP contribution in [-0.2, 0) is 11.5 Å². The van der Waals surface area contributed by atoms with Crippen LogP contribution in [-0.4, -0.2) is 15.1 Å². The summed E-state index contributed by atoms with van der Waals surface area (Å²) in [5, 5.41) is 4.78. The second-order valence-corrected chi connectivity index (χ2v) is 6.90. The maximum atomic E-state index is 6.17. The second-order valence-electron chi connectivity index (χ2n) is 5.51. The maximum Gasteiger partial charge on any atom is 0.293 e. The van der Waals surface area contributed by atoms with Crippen LogP contribution in [0.15, 0.2) is 69.9 Å². The lowest BCUT2D eigenvalue weighted by molar-refractivity contribution is 0.413. The van der Waals surface area contributed by atoms with Gasteiger partial charge in [0.15, 0.2) is 5.76 Å². The van der Waals surface area contributed by atoms with Gasteiger partial charge in [-0.2, -0.15) is 4.98 Å².